The van der Waals surface area contributed by atoms with E-state index in [9.17, 15) is 4.79 Å². The second-order valence-corrected chi connectivity index (χ2v) is 7.87. The molecule has 1 aliphatic heterocycles. The molecule has 0 aromatic heterocycles. The molecular weight excluding hydrogens is 417 g/mol. The third kappa shape index (κ3) is 7.50. The van der Waals surface area contributed by atoms with Crippen molar-refractivity contribution < 1.29 is 19.0 Å². The Labute approximate surface area is 186 Å². The van der Waals surface area contributed by atoms with Gasteiger partial charge in [0.05, 0.1) is 39.5 Å². The molecule has 0 aliphatic carbocycles. The highest BCUT2D eigenvalue weighted by atomic mass is 35.5. The monoisotopic (exact) mass is 451 g/mol. The number of nitrogens with two attached hydrogens (primary N) is 1. The molecule has 1 aromatic carbocycles. The van der Waals surface area contributed by atoms with E-state index in [4.69, 9.17) is 19.9 Å². The van der Waals surface area contributed by atoms with Crippen molar-refractivity contribution in [3.63, 3.8) is 0 Å². The number of nitrogens with zero attached hydrogens (tertiary/aromatic N) is 1. The van der Waals surface area contributed by atoms with Crippen molar-refractivity contribution in [2.75, 3.05) is 47.1 Å². The predicted octanol–water partition coefficient (Wildman–Crippen LogP) is 2.41. The van der Waals surface area contributed by atoms with Crippen LogP contribution in [0.4, 0.5) is 0 Å². The smallest absolute Gasteiger partial charge is 0.237 e. The highest BCUT2D eigenvalue weighted by molar-refractivity contribution is 5.85. The summed E-state index contributed by atoms with van der Waals surface area (Å²) < 4.78 is 16.3. The van der Waals surface area contributed by atoms with Gasteiger partial charge in [0.25, 0.3) is 0 Å². The minimum absolute atomic E-state index is 0. The topological polar surface area (TPSA) is 86.0 Å². The van der Waals surface area contributed by atoms with Gasteiger partial charge < -0.3 is 25.3 Å². The minimum Gasteiger partial charge on any atom is -0.493 e. The van der Waals surface area contributed by atoms with Crippen molar-refractivity contribution in [3.8, 4) is 11.5 Å². The molecule has 1 aromatic rings. The summed E-state index contributed by atoms with van der Waals surface area (Å²) in [5.74, 6) is 1.22. The Morgan fingerprint density at radius 1 is 1.17 bits per heavy atom. The summed E-state index contributed by atoms with van der Waals surface area (Å²) in [6.45, 7) is 9.33. The molecule has 9 heteroatoms. The Balaban J connectivity index is 0.00000392. The highest BCUT2D eigenvalue weighted by Crippen LogP contribution is 2.32. The SMILES string of the molecule is COc1ccc(C(CNC(=O)[C@@H](N)C(C)(C)C)N2CCOCC2)cc1OC.Cl.Cl. The molecule has 7 nitrogen and oxygen atoms in total. The number of rotatable bonds is 7. The van der Waals surface area contributed by atoms with E-state index in [0.29, 0.717) is 31.3 Å². The van der Waals surface area contributed by atoms with Gasteiger partial charge in [-0.15, -0.1) is 24.8 Å². The van der Waals surface area contributed by atoms with Gasteiger partial charge >= 0.3 is 0 Å². The van der Waals surface area contributed by atoms with E-state index in [0.717, 1.165) is 18.7 Å². The van der Waals surface area contributed by atoms with Crippen LogP contribution < -0.4 is 20.5 Å². The lowest BCUT2D eigenvalue weighted by molar-refractivity contribution is -0.124. The van der Waals surface area contributed by atoms with Crippen LogP contribution in [0.25, 0.3) is 0 Å². The summed E-state index contributed by atoms with van der Waals surface area (Å²) in [7, 11) is 3.24. The number of hydrogen-bond acceptors (Lipinski definition) is 6. The maximum absolute atomic E-state index is 12.5. The zero-order valence-electron chi connectivity index (χ0n) is 17.9. The number of hydrogen-bond donors (Lipinski definition) is 2. The fourth-order valence-electron chi connectivity index (χ4n) is 3.11. The largest absolute Gasteiger partial charge is 0.493 e. The molecule has 0 saturated carbocycles. The number of benzene rings is 1. The lowest BCUT2D eigenvalue weighted by Crippen LogP contribution is -2.51. The van der Waals surface area contributed by atoms with E-state index in [1.165, 1.54) is 0 Å². The molecule has 0 spiro atoms. The Kier molecular flexibility index (Phi) is 11.9. The minimum atomic E-state index is -0.562. The zero-order chi connectivity index (χ0) is 20.0. The lowest BCUT2D eigenvalue weighted by Gasteiger charge is -2.35. The third-order valence-corrected chi connectivity index (χ3v) is 4.96. The van der Waals surface area contributed by atoms with Crippen LogP contribution in [-0.2, 0) is 9.53 Å². The molecule has 1 fully saturated rings. The summed E-state index contributed by atoms with van der Waals surface area (Å²) in [6.07, 6.45) is 0. The van der Waals surface area contributed by atoms with Gasteiger partial charge in [0.15, 0.2) is 11.5 Å². The molecule has 0 bridgehead atoms. The number of amides is 1. The Morgan fingerprint density at radius 3 is 2.28 bits per heavy atom. The van der Waals surface area contributed by atoms with Crippen LogP contribution in [-0.4, -0.2) is 63.9 Å². The van der Waals surface area contributed by atoms with E-state index in [-0.39, 0.29) is 42.2 Å². The van der Waals surface area contributed by atoms with Gasteiger partial charge in [-0.2, -0.15) is 0 Å². The van der Waals surface area contributed by atoms with Crippen molar-refractivity contribution in [2.45, 2.75) is 32.9 Å². The van der Waals surface area contributed by atoms with Crippen LogP contribution in [0.1, 0.15) is 32.4 Å². The molecule has 168 valence electrons. The summed E-state index contributed by atoms with van der Waals surface area (Å²) in [5, 5.41) is 3.03. The molecule has 2 rings (SSSR count). The summed E-state index contributed by atoms with van der Waals surface area (Å²) >= 11 is 0. The van der Waals surface area contributed by atoms with Crippen LogP contribution in [0.5, 0.6) is 11.5 Å². The fourth-order valence-corrected chi connectivity index (χ4v) is 3.11. The molecule has 2 atom stereocenters. The Bertz CT molecular complexity index is 635. The standard InChI is InChI=1S/C20H33N3O4.2ClH/c1-20(2,3)18(21)19(24)22-13-15(23-8-10-27-11-9-23)14-6-7-16(25-4)17(12-14)26-5;;/h6-7,12,15,18H,8-11,13,21H2,1-5H3,(H,22,24);2*1H/t15?,18-;;/m1../s1. The molecular formula is C20H35Cl2N3O4. The van der Waals surface area contributed by atoms with Crippen molar-refractivity contribution in [3.05, 3.63) is 23.8 Å². The third-order valence-electron chi connectivity index (χ3n) is 4.96. The maximum atomic E-state index is 12.5. The van der Waals surface area contributed by atoms with Gasteiger partial charge in [0, 0.05) is 19.6 Å². The van der Waals surface area contributed by atoms with E-state index in [2.05, 4.69) is 10.2 Å². The number of ether oxygens (including phenoxy) is 3. The first kappa shape index (κ1) is 27.8. The average Bonchev–Trinajstić information content (AvgIpc) is 2.67. The first-order valence-corrected chi connectivity index (χ1v) is 9.35. The molecule has 1 unspecified atom stereocenters. The van der Waals surface area contributed by atoms with Crippen LogP contribution in [0, 0.1) is 5.41 Å². The van der Waals surface area contributed by atoms with Crippen molar-refractivity contribution in [2.24, 2.45) is 11.1 Å². The first-order chi connectivity index (χ1) is 12.8. The molecule has 1 amide bonds. The van der Waals surface area contributed by atoms with Crippen molar-refractivity contribution >= 4 is 30.7 Å². The highest BCUT2D eigenvalue weighted by Gasteiger charge is 2.29. The molecule has 1 saturated heterocycles. The number of nitrogens with one attached hydrogen (secondary N) is 1. The quantitative estimate of drug-likeness (QED) is 0.661. The maximum Gasteiger partial charge on any atom is 0.237 e. The lowest BCUT2D eigenvalue weighted by atomic mass is 9.87. The summed E-state index contributed by atoms with van der Waals surface area (Å²) in [4.78, 5) is 14.8. The van der Waals surface area contributed by atoms with Crippen LogP contribution in [0.2, 0.25) is 0 Å². The number of halogens is 2. The Hall–Kier alpha value is -1.25. The fraction of sp³-hybridized carbons (Fsp3) is 0.650. The van der Waals surface area contributed by atoms with Crippen LogP contribution in [0.3, 0.4) is 0 Å². The van der Waals surface area contributed by atoms with Crippen LogP contribution >= 0.6 is 24.8 Å². The van der Waals surface area contributed by atoms with E-state index in [1.54, 1.807) is 14.2 Å². The number of carbonyl (C=O) groups is 1. The van der Waals surface area contributed by atoms with Crippen molar-refractivity contribution in [1.82, 2.24) is 10.2 Å². The number of morpholine rings is 1. The van der Waals surface area contributed by atoms with Gasteiger partial charge in [0.1, 0.15) is 0 Å². The normalized spacial score (nSPS) is 16.6. The molecule has 3 N–H and O–H groups in total. The van der Waals surface area contributed by atoms with Gasteiger partial charge in [0.2, 0.25) is 5.91 Å². The molecule has 29 heavy (non-hydrogen) atoms. The molecule has 1 heterocycles. The predicted molar refractivity (Wildman–Crippen MR) is 120 cm³/mol. The molecule has 1 aliphatic rings. The van der Waals surface area contributed by atoms with Gasteiger partial charge in [-0.05, 0) is 23.1 Å². The number of methoxy groups -OCH3 is 2. The van der Waals surface area contributed by atoms with E-state index in [1.807, 2.05) is 39.0 Å². The van der Waals surface area contributed by atoms with Gasteiger partial charge in [-0.25, -0.2) is 0 Å². The Morgan fingerprint density at radius 2 is 1.76 bits per heavy atom. The van der Waals surface area contributed by atoms with Gasteiger partial charge in [-0.1, -0.05) is 26.8 Å². The van der Waals surface area contributed by atoms with E-state index >= 15 is 0 Å². The average molecular weight is 452 g/mol. The van der Waals surface area contributed by atoms with Crippen LogP contribution in [0.15, 0.2) is 18.2 Å². The second kappa shape index (κ2) is 12.4. The summed E-state index contributed by atoms with van der Waals surface area (Å²) in [6, 6.07) is 5.31. The molecule has 0 radical (unpaired) electrons. The second-order valence-electron chi connectivity index (χ2n) is 7.87. The first-order valence-electron chi connectivity index (χ1n) is 9.35. The van der Waals surface area contributed by atoms with Crippen molar-refractivity contribution in [1.29, 1.82) is 0 Å². The zero-order valence-corrected chi connectivity index (χ0v) is 19.5. The number of carbonyl (C=O) groups excluding carboxylic acids is 1. The van der Waals surface area contributed by atoms with E-state index < -0.39 is 6.04 Å². The summed E-state index contributed by atoms with van der Waals surface area (Å²) in [5.41, 5.74) is 6.86. The van der Waals surface area contributed by atoms with Gasteiger partial charge in [-0.3, -0.25) is 9.69 Å².